The summed E-state index contributed by atoms with van der Waals surface area (Å²) in [6, 6.07) is 3.16. The van der Waals surface area contributed by atoms with Crippen molar-refractivity contribution in [1.82, 2.24) is 0 Å². The predicted molar refractivity (Wildman–Crippen MR) is 93.6 cm³/mol. The van der Waals surface area contributed by atoms with Crippen LogP contribution in [0, 0.1) is 0 Å². The van der Waals surface area contributed by atoms with Gasteiger partial charge in [0, 0.05) is 31.0 Å². The van der Waals surface area contributed by atoms with Gasteiger partial charge in [-0.15, -0.1) is 0 Å². The molecule has 1 aromatic rings. The Morgan fingerprint density at radius 2 is 2.08 bits per heavy atom. The van der Waals surface area contributed by atoms with Crippen LogP contribution in [0.15, 0.2) is 24.4 Å². The summed E-state index contributed by atoms with van der Waals surface area (Å²) in [5.74, 6) is -0.118. The number of ether oxygens (including phenoxy) is 5. The maximum Gasteiger partial charge on any atom is 0.340 e. The van der Waals surface area contributed by atoms with Crippen LogP contribution in [0.25, 0.3) is 0 Å². The van der Waals surface area contributed by atoms with Gasteiger partial charge in [0.2, 0.25) is 0 Å². The minimum Gasteiger partial charge on any atom is -0.486 e. The molecule has 1 heterocycles. The van der Waals surface area contributed by atoms with Gasteiger partial charge >= 0.3 is 11.9 Å². The van der Waals surface area contributed by atoms with Crippen molar-refractivity contribution in [1.29, 1.82) is 0 Å². The van der Waals surface area contributed by atoms with Crippen molar-refractivity contribution in [3.63, 3.8) is 0 Å². The Morgan fingerprint density at radius 3 is 2.77 bits per heavy atom. The average molecular weight is 365 g/mol. The maximum absolute atomic E-state index is 12.0. The van der Waals surface area contributed by atoms with Gasteiger partial charge in [-0.05, 0) is 13.8 Å². The summed E-state index contributed by atoms with van der Waals surface area (Å²) in [6.07, 6.45) is 2.36. The van der Waals surface area contributed by atoms with Crippen molar-refractivity contribution >= 4 is 17.6 Å². The summed E-state index contributed by atoms with van der Waals surface area (Å²) < 4.78 is 26.5. The molecule has 26 heavy (non-hydrogen) atoms. The highest BCUT2D eigenvalue weighted by molar-refractivity contribution is 5.97. The standard InChI is InChI=1S/C18H23NO7/c1-4-23-10-12-11-25-15-8-13(18(21)22-3)14(9-16(15)26-12)19-7-6-17(20)24-5-2/h6-9,12,19H,4-5,10-11H2,1-3H3/b7-6+. The molecule has 2 rings (SSSR count). The summed E-state index contributed by atoms with van der Waals surface area (Å²) in [6.45, 7) is 5.21. The lowest BCUT2D eigenvalue weighted by Crippen LogP contribution is -2.33. The van der Waals surface area contributed by atoms with Crippen molar-refractivity contribution in [3.8, 4) is 11.5 Å². The molecular weight excluding hydrogens is 342 g/mol. The van der Waals surface area contributed by atoms with Crippen LogP contribution in [0.3, 0.4) is 0 Å². The number of nitrogens with one attached hydrogen (secondary N) is 1. The highest BCUT2D eigenvalue weighted by Crippen LogP contribution is 2.37. The van der Waals surface area contributed by atoms with Gasteiger partial charge in [0.25, 0.3) is 0 Å². The second-order valence-electron chi connectivity index (χ2n) is 5.28. The third kappa shape index (κ3) is 5.13. The third-order valence-electron chi connectivity index (χ3n) is 3.46. The SMILES string of the molecule is CCOCC1COc2cc(C(=O)OC)c(N/C=C/C(=O)OCC)cc2O1. The van der Waals surface area contributed by atoms with Gasteiger partial charge in [-0.25, -0.2) is 9.59 Å². The fourth-order valence-corrected chi connectivity index (χ4v) is 2.28. The normalized spacial score (nSPS) is 15.6. The number of carbonyl (C=O) groups excluding carboxylic acids is 2. The van der Waals surface area contributed by atoms with Crippen molar-refractivity contribution in [2.45, 2.75) is 20.0 Å². The van der Waals surface area contributed by atoms with Gasteiger partial charge in [-0.2, -0.15) is 0 Å². The molecule has 1 unspecified atom stereocenters. The van der Waals surface area contributed by atoms with Gasteiger partial charge in [-0.1, -0.05) is 0 Å². The van der Waals surface area contributed by atoms with E-state index in [1.807, 2.05) is 6.92 Å². The Bertz CT molecular complexity index is 672. The van der Waals surface area contributed by atoms with Crippen LogP contribution in [0.5, 0.6) is 11.5 Å². The zero-order chi connectivity index (χ0) is 18.9. The fraction of sp³-hybridized carbons (Fsp3) is 0.444. The first-order valence-corrected chi connectivity index (χ1v) is 8.32. The first-order chi connectivity index (χ1) is 12.6. The summed E-state index contributed by atoms with van der Waals surface area (Å²) in [5.41, 5.74) is 0.670. The molecule has 8 nitrogen and oxygen atoms in total. The monoisotopic (exact) mass is 365 g/mol. The van der Waals surface area contributed by atoms with E-state index in [1.54, 1.807) is 19.1 Å². The predicted octanol–water partition coefficient (Wildman–Crippen LogP) is 2.14. The Kier molecular flexibility index (Phi) is 7.28. The number of carbonyl (C=O) groups is 2. The Hall–Kier alpha value is -2.74. The van der Waals surface area contributed by atoms with E-state index >= 15 is 0 Å². The van der Waals surface area contributed by atoms with Crippen molar-refractivity contribution in [2.24, 2.45) is 0 Å². The van der Waals surface area contributed by atoms with Crippen LogP contribution in [0.2, 0.25) is 0 Å². The molecule has 0 spiro atoms. The number of fused-ring (bicyclic) bond motifs is 1. The molecule has 1 atom stereocenters. The number of methoxy groups -OCH3 is 1. The molecule has 142 valence electrons. The van der Waals surface area contributed by atoms with E-state index in [-0.39, 0.29) is 18.3 Å². The molecule has 0 aromatic heterocycles. The van der Waals surface area contributed by atoms with E-state index in [1.165, 1.54) is 19.4 Å². The van der Waals surface area contributed by atoms with Gasteiger partial charge < -0.3 is 29.0 Å². The lowest BCUT2D eigenvalue weighted by Gasteiger charge is -2.27. The van der Waals surface area contributed by atoms with Crippen LogP contribution in [0.4, 0.5) is 5.69 Å². The number of hydrogen-bond acceptors (Lipinski definition) is 8. The number of hydrogen-bond donors (Lipinski definition) is 1. The van der Waals surface area contributed by atoms with E-state index in [9.17, 15) is 9.59 Å². The second kappa shape index (κ2) is 9.67. The Labute approximate surface area is 152 Å². The van der Waals surface area contributed by atoms with Crippen LogP contribution in [-0.4, -0.2) is 51.6 Å². The minimum absolute atomic E-state index is 0.241. The molecular formula is C18H23NO7. The molecule has 0 saturated heterocycles. The molecule has 0 radical (unpaired) electrons. The van der Waals surface area contributed by atoms with Crippen molar-refractivity contribution in [3.05, 3.63) is 30.0 Å². The van der Waals surface area contributed by atoms with E-state index in [4.69, 9.17) is 23.7 Å². The van der Waals surface area contributed by atoms with E-state index in [0.29, 0.717) is 37.0 Å². The first-order valence-electron chi connectivity index (χ1n) is 8.32. The Balaban J connectivity index is 2.21. The van der Waals surface area contributed by atoms with Gasteiger partial charge in [0.1, 0.15) is 6.61 Å². The highest BCUT2D eigenvalue weighted by Gasteiger charge is 2.25. The van der Waals surface area contributed by atoms with Gasteiger partial charge in [0.15, 0.2) is 17.6 Å². The molecule has 0 bridgehead atoms. The lowest BCUT2D eigenvalue weighted by molar-refractivity contribution is -0.137. The molecule has 0 saturated carbocycles. The lowest BCUT2D eigenvalue weighted by atomic mass is 10.1. The van der Waals surface area contributed by atoms with E-state index in [0.717, 1.165) is 0 Å². The molecule has 0 amide bonds. The zero-order valence-corrected chi connectivity index (χ0v) is 15.1. The van der Waals surface area contributed by atoms with E-state index < -0.39 is 11.9 Å². The molecule has 1 aromatic carbocycles. The van der Waals surface area contributed by atoms with Crippen molar-refractivity contribution < 1.29 is 33.3 Å². The van der Waals surface area contributed by atoms with Gasteiger partial charge in [-0.3, -0.25) is 0 Å². The smallest absolute Gasteiger partial charge is 0.340 e. The van der Waals surface area contributed by atoms with Crippen molar-refractivity contribution in [2.75, 3.05) is 38.9 Å². The fourth-order valence-electron chi connectivity index (χ4n) is 2.28. The van der Waals surface area contributed by atoms with Crippen LogP contribution >= 0.6 is 0 Å². The number of esters is 2. The third-order valence-corrected chi connectivity index (χ3v) is 3.46. The first kappa shape index (κ1) is 19.6. The molecule has 0 aliphatic carbocycles. The molecule has 1 N–H and O–H groups in total. The molecule has 1 aliphatic heterocycles. The minimum atomic E-state index is -0.542. The van der Waals surface area contributed by atoms with Crippen LogP contribution in [0.1, 0.15) is 24.2 Å². The second-order valence-corrected chi connectivity index (χ2v) is 5.28. The van der Waals surface area contributed by atoms with Crippen LogP contribution in [-0.2, 0) is 19.0 Å². The summed E-state index contributed by atoms with van der Waals surface area (Å²) in [7, 11) is 1.29. The Morgan fingerprint density at radius 1 is 1.27 bits per heavy atom. The number of anilines is 1. The largest absolute Gasteiger partial charge is 0.486 e. The molecule has 1 aliphatic rings. The molecule has 0 fully saturated rings. The summed E-state index contributed by atoms with van der Waals surface area (Å²) in [4.78, 5) is 23.4. The number of benzene rings is 1. The van der Waals surface area contributed by atoms with Gasteiger partial charge in [0.05, 0.1) is 31.6 Å². The topological polar surface area (TPSA) is 92.3 Å². The number of rotatable bonds is 8. The zero-order valence-electron chi connectivity index (χ0n) is 15.1. The van der Waals surface area contributed by atoms with Crippen LogP contribution < -0.4 is 14.8 Å². The quantitative estimate of drug-likeness (QED) is 0.553. The maximum atomic E-state index is 12.0. The van der Waals surface area contributed by atoms with E-state index in [2.05, 4.69) is 5.32 Å². The average Bonchev–Trinajstić information content (AvgIpc) is 2.65. The summed E-state index contributed by atoms with van der Waals surface area (Å²) >= 11 is 0. The highest BCUT2D eigenvalue weighted by atomic mass is 16.6. The summed E-state index contributed by atoms with van der Waals surface area (Å²) in [5, 5.41) is 2.88. The molecule has 8 heteroatoms.